The minimum absolute atomic E-state index is 0.0179. The molecule has 0 aromatic rings. The molecule has 1 aliphatic rings. The van der Waals surface area contributed by atoms with Gasteiger partial charge in [-0.3, -0.25) is 4.79 Å². The average Bonchev–Trinajstić information content (AvgIpc) is 2.18. The minimum atomic E-state index is -0.0179. The second-order valence-corrected chi connectivity index (χ2v) is 2.07. The lowest BCUT2D eigenvalue weighted by Crippen LogP contribution is -2.24. The summed E-state index contributed by atoms with van der Waals surface area (Å²) in [7, 11) is 0. The molecule has 1 fully saturated rings. The van der Waals surface area contributed by atoms with E-state index in [-0.39, 0.29) is 12.5 Å². The van der Waals surface area contributed by atoms with Crippen LogP contribution >= 0.6 is 11.6 Å². The molecule has 1 heterocycles. The van der Waals surface area contributed by atoms with Gasteiger partial charge in [-0.15, -0.1) is 18.3 Å². The topological polar surface area (TPSA) is 29.5 Å². The van der Waals surface area contributed by atoms with Crippen molar-refractivity contribution in [3.8, 4) is 0 Å². The van der Waals surface area contributed by atoms with Gasteiger partial charge < -0.3 is 9.64 Å². The zero-order chi connectivity index (χ0) is 6.69. The van der Waals surface area contributed by atoms with Crippen LogP contribution in [0.1, 0.15) is 0 Å². The Hall–Kier alpha value is -0.280. The van der Waals surface area contributed by atoms with Crippen LogP contribution in [0.5, 0.6) is 0 Å². The molecule has 4 heteroatoms. The van der Waals surface area contributed by atoms with Crippen LogP contribution in [-0.2, 0) is 9.53 Å². The summed E-state index contributed by atoms with van der Waals surface area (Å²) in [5.41, 5.74) is 0. The molecule has 0 atom stereocenters. The maximum Gasteiger partial charge on any atom is 0.218 e. The number of rotatable bonds is 2. The molecule has 0 aromatic carbocycles. The molecule has 0 aromatic heterocycles. The van der Waals surface area contributed by atoms with Crippen molar-refractivity contribution in [3.05, 3.63) is 6.73 Å². The fourth-order valence-corrected chi connectivity index (χ4v) is 0.791. The summed E-state index contributed by atoms with van der Waals surface area (Å²) >= 11 is 5.38. The summed E-state index contributed by atoms with van der Waals surface area (Å²) in [6.07, 6.45) is 0. The number of hydrogen-bond acceptors (Lipinski definition) is 2. The van der Waals surface area contributed by atoms with E-state index in [1.165, 1.54) is 11.6 Å². The van der Waals surface area contributed by atoms with Gasteiger partial charge in [0.25, 0.3) is 0 Å². The van der Waals surface area contributed by atoms with Crippen molar-refractivity contribution < 1.29 is 9.53 Å². The maximum atomic E-state index is 10.7. The lowest BCUT2D eigenvalue weighted by Gasteiger charge is -2.21. The Kier molecular flexibility index (Phi) is 2.30. The normalized spacial score (nSPS) is 19.2. The van der Waals surface area contributed by atoms with Crippen molar-refractivity contribution in [3.63, 3.8) is 0 Å². The van der Waals surface area contributed by atoms with Crippen LogP contribution < -0.4 is 0 Å². The fraction of sp³-hybridized carbons (Fsp3) is 0.600. The summed E-state index contributed by atoms with van der Waals surface area (Å²) in [4.78, 5) is 12.1. The third-order valence-electron chi connectivity index (χ3n) is 1.05. The lowest BCUT2D eigenvalue weighted by molar-refractivity contribution is -0.126. The highest BCUT2D eigenvalue weighted by Gasteiger charge is 2.09. The number of carbonyl (C=O) groups is 1. The van der Waals surface area contributed by atoms with Crippen molar-refractivity contribution in [1.29, 1.82) is 0 Å². The van der Waals surface area contributed by atoms with E-state index < -0.39 is 0 Å². The van der Waals surface area contributed by atoms with Gasteiger partial charge in [0.15, 0.2) is 0 Å². The van der Waals surface area contributed by atoms with Crippen LogP contribution in [0.3, 0.4) is 0 Å². The molecular weight excluding hydrogens is 142 g/mol. The van der Waals surface area contributed by atoms with Crippen molar-refractivity contribution in [1.82, 2.24) is 4.90 Å². The first-order chi connectivity index (χ1) is 4.34. The molecule has 0 aliphatic carbocycles. The van der Waals surface area contributed by atoms with Gasteiger partial charge in [0.1, 0.15) is 0 Å². The van der Waals surface area contributed by atoms with E-state index >= 15 is 0 Å². The fourth-order valence-electron chi connectivity index (χ4n) is 0.609. The molecule has 1 rings (SSSR count). The first-order valence-electron chi connectivity index (χ1n) is 2.65. The number of amides is 1. The molecule has 0 spiro atoms. The Morgan fingerprint density at radius 2 is 2.67 bits per heavy atom. The van der Waals surface area contributed by atoms with Gasteiger partial charge in [-0.1, -0.05) is 0 Å². The van der Waals surface area contributed by atoms with Crippen LogP contribution in [0.25, 0.3) is 0 Å². The van der Waals surface area contributed by atoms with Gasteiger partial charge >= 0.3 is 0 Å². The molecule has 0 N–H and O–H groups in total. The lowest BCUT2D eigenvalue weighted by atomic mass is 10.5. The number of alkyl halides is 1. The molecular formula is C5H7ClNO2-. The predicted molar refractivity (Wildman–Crippen MR) is 32.7 cm³/mol. The first-order valence-corrected chi connectivity index (χ1v) is 3.18. The third-order valence-corrected chi connectivity index (χ3v) is 1.22. The van der Waals surface area contributed by atoms with Gasteiger partial charge in [-0.25, -0.2) is 0 Å². The highest BCUT2D eigenvalue weighted by Crippen LogP contribution is 2.04. The second kappa shape index (κ2) is 3.03. The monoisotopic (exact) mass is 148 g/mol. The van der Waals surface area contributed by atoms with Crippen LogP contribution in [0, 0.1) is 6.73 Å². The van der Waals surface area contributed by atoms with Crippen molar-refractivity contribution in [2.75, 3.05) is 19.0 Å². The molecule has 9 heavy (non-hydrogen) atoms. The molecule has 0 unspecified atom stereocenters. The Labute approximate surface area is 58.5 Å². The van der Waals surface area contributed by atoms with E-state index in [9.17, 15) is 4.79 Å². The van der Waals surface area contributed by atoms with Crippen LogP contribution in [0.15, 0.2) is 0 Å². The molecule has 1 saturated heterocycles. The maximum absolute atomic E-state index is 10.7. The standard InChI is InChI=1S/C5H7ClNO2/c6-1-2-7-4-9-3-5(7)8/h4H,1-3H2/q-1. The first kappa shape index (κ1) is 6.83. The molecule has 1 aliphatic heterocycles. The quantitative estimate of drug-likeness (QED) is 0.414. The Morgan fingerprint density at radius 1 is 1.89 bits per heavy atom. The predicted octanol–water partition coefficient (Wildman–Crippen LogP) is 0.203. The van der Waals surface area contributed by atoms with E-state index in [0.717, 1.165) is 0 Å². The largest absolute Gasteiger partial charge is 0.525 e. The van der Waals surface area contributed by atoms with E-state index in [2.05, 4.69) is 0 Å². The van der Waals surface area contributed by atoms with Gasteiger partial charge in [0.2, 0.25) is 5.91 Å². The molecule has 0 bridgehead atoms. The molecule has 0 radical (unpaired) electrons. The smallest absolute Gasteiger partial charge is 0.218 e. The van der Waals surface area contributed by atoms with Crippen molar-refractivity contribution in [2.45, 2.75) is 0 Å². The Bertz CT molecular complexity index is 118. The SMILES string of the molecule is O=C1CO[CH-]N1CCCl. The van der Waals surface area contributed by atoms with E-state index in [1.54, 1.807) is 0 Å². The summed E-state index contributed by atoms with van der Waals surface area (Å²) in [6, 6.07) is 0. The Morgan fingerprint density at radius 3 is 3.11 bits per heavy atom. The highest BCUT2D eigenvalue weighted by molar-refractivity contribution is 6.18. The molecule has 3 nitrogen and oxygen atoms in total. The Balaban J connectivity index is 2.31. The second-order valence-electron chi connectivity index (χ2n) is 1.69. The zero-order valence-corrected chi connectivity index (χ0v) is 5.60. The third kappa shape index (κ3) is 1.56. The van der Waals surface area contributed by atoms with E-state index in [4.69, 9.17) is 16.3 Å². The number of ether oxygens (including phenoxy) is 1. The number of nitrogens with zero attached hydrogens (tertiary/aromatic N) is 1. The summed E-state index contributed by atoms with van der Waals surface area (Å²) in [6.45, 7) is 2.11. The number of halogens is 1. The van der Waals surface area contributed by atoms with Crippen LogP contribution in [-0.4, -0.2) is 29.8 Å². The summed E-state index contributed by atoms with van der Waals surface area (Å²) in [5, 5.41) is 0. The van der Waals surface area contributed by atoms with Crippen LogP contribution in [0.4, 0.5) is 0 Å². The van der Waals surface area contributed by atoms with E-state index in [0.29, 0.717) is 12.4 Å². The average molecular weight is 149 g/mol. The van der Waals surface area contributed by atoms with E-state index in [1.807, 2.05) is 0 Å². The van der Waals surface area contributed by atoms with Gasteiger partial charge in [-0.05, 0) is 0 Å². The summed E-state index contributed by atoms with van der Waals surface area (Å²) < 4.78 is 4.71. The summed E-state index contributed by atoms with van der Waals surface area (Å²) in [5.74, 6) is 0.432. The highest BCUT2D eigenvalue weighted by atomic mass is 35.5. The minimum Gasteiger partial charge on any atom is -0.525 e. The van der Waals surface area contributed by atoms with Gasteiger partial charge in [0, 0.05) is 12.4 Å². The zero-order valence-electron chi connectivity index (χ0n) is 4.84. The van der Waals surface area contributed by atoms with Crippen LogP contribution in [0.2, 0.25) is 0 Å². The molecule has 0 saturated carbocycles. The van der Waals surface area contributed by atoms with Crippen molar-refractivity contribution >= 4 is 17.5 Å². The number of hydrogen-bond donors (Lipinski definition) is 0. The molecule has 52 valence electrons. The van der Waals surface area contributed by atoms with Gasteiger partial charge in [0.05, 0.1) is 6.61 Å². The van der Waals surface area contributed by atoms with Crippen molar-refractivity contribution in [2.24, 2.45) is 0 Å². The van der Waals surface area contributed by atoms with Gasteiger partial charge in [-0.2, -0.15) is 0 Å². The number of carbonyl (C=O) groups excluding carboxylic acids is 1. The molecule has 1 amide bonds.